The number of rotatable bonds is 4. The van der Waals surface area contributed by atoms with Gasteiger partial charge in [0, 0.05) is 0 Å². The molecular weight excluding hydrogens is 172 g/mol. The lowest BCUT2D eigenvalue weighted by Crippen LogP contribution is -2.30. The van der Waals surface area contributed by atoms with Crippen LogP contribution in [0, 0.1) is 17.2 Å². The average molecular weight is 194 g/mol. The van der Waals surface area contributed by atoms with Gasteiger partial charge in [-0.3, -0.25) is 4.90 Å². The Bertz CT molecular complexity index is 189. The third-order valence-electron chi connectivity index (χ3n) is 3.46. The van der Waals surface area contributed by atoms with E-state index in [-0.39, 0.29) is 6.04 Å². The van der Waals surface area contributed by atoms with E-state index in [4.69, 9.17) is 5.26 Å². The molecule has 2 heteroatoms. The molecule has 0 saturated heterocycles. The summed E-state index contributed by atoms with van der Waals surface area (Å²) in [6.45, 7) is 3.06. The van der Waals surface area contributed by atoms with Crippen molar-refractivity contribution in [2.45, 2.75) is 51.5 Å². The maximum absolute atomic E-state index is 8.75. The number of nitrogens with zero attached hydrogens (tertiary/aromatic N) is 2. The summed E-state index contributed by atoms with van der Waals surface area (Å²) in [4.78, 5) is 2.16. The highest BCUT2D eigenvalue weighted by Crippen LogP contribution is 2.26. The summed E-state index contributed by atoms with van der Waals surface area (Å²) in [5.41, 5.74) is 0. The van der Waals surface area contributed by atoms with Crippen LogP contribution in [0.1, 0.15) is 45.4 Å². The van der Waals surface area contributed by atoms with Gasteiger partial charge in [-0.05, 0) is 32.9 Å². The molecule has 0 aliphatic heterocycles. The molecule has 14 heavy (non-hydrogen) atoms. The Labute approximate surface area is 87.9 Å². The molecule has 1 rings (SSSR count). The maximum Gasteiger partial charge on any atom is 0.0946 e. The predicted molar refractivity (Wildman–Crippen MR) is 58.9 cm³/mol. The first-order valence-corrected chi connectivity index (χ1v) is 5.84. The van der Waals surface area contributed by atoms with Gasteiger partial charge < -0.3 is 0 Å². The topological polar surface area (TPSA) is 27.0 Å². The van der Waals surface area contributed by atoms with Gasteiger partial charge in [-0.15, -0.1) is 0 Å². The van der Waals surface area contributed by atoms with E-state index < -0.39 is 0 Å². The van der Waals surface area contributed by atoms with Gasteiger partial charge >= 0.3 is 0 Å². The van der Waals surface area contributed by atoms with Gasteiger partial charge in [0.15, 0.2) is 0 Å². The van der Waals surface area contributed by atoms with Gasteiger partial charge in [0.05, 0.1) is 12.1 Å². The molecule has 0 N–H and O–H groups in total. The predicted octanol–water partition coefficient (Wildman–Crippen LogP) is 2.80. The van der Waals surface area contributed by atoms with Crippen molar-refractivity contribution in [3.63, 3.8) is 0 Å². The Kier molecular flexibility index (Phi) is 4.97. The summed E-state index contributed by atoms with van der Waals surface area (Å²) in [6.07, 6.45) is 8.37. The quantitative estimate of drug-likeness (QED) is 0.688. The van der Waals surface area contributed by atoms with E-state index in [1.165, 1.54) is 38.5 Å². The van der Waals surface area contributed by atoms with E-state index >= 15 is 0 Å². The summed E-state index contributed by atoms with van der Waals surface area (Å²) < 4.78 is 0. The smallest absolute Gasteiger partial charge is 0.0946 e. The zero-order valence-corrected chi connectivity index (χ0v) is 9.50. The molecule has 0 aromatic carbocycles. The Hall–Kier alpha value is -0.550. The Balaban J connectivity index is 2.16. The van der Waals surface area contributed by atoms with Gasteiger partial charge in [0.1, 0.15) is 0 Å². The van der Waals surface area contributed by atoms with Crippen molar-refractivity contribution in [1.82, 2.24) is 4.90 Å². The van der Waals surface area contributed by atoms with Gasteiger partial charge in [0.2, 0.25) is 0 Å². The standard InChI is InChI=1S/C12H22N2/c1-11(10-13)14(2)9-8-12-6-4-3-5-7-12/h11-12H,3-9H2,1-2H3. The van der Waals surface area contributed by atoms with E-state index in [9.17, 15) is 0 Å². The minimum absolute atomic E-state index is 0.0681. The van der Waals surface area contributed by atoms with Crippen LogP contribution in [-0.2, 0) is 0 Å². The van der Waals surface area contributed by atoms with Crippen LogP contribution in [0.15, 0.2) is 0 Å². The summed E-state index contributed by atoms with van der Waals surface area (Å²) in [5, 5.41) is 8.75. The number of hydrogen-bond acceptors (Lipinski definition) is 2. The molecule has 0 bridgehead atoms. The lowest BCUT2D eigenvalue weighted by molar-refractivity contribution is 0.248. The van der Waals surface area contributed by atoms with Crippen LogP contribution in [0.3, 0.4) is 0 Å². The monoisotopic (exact) mass is 194 g/mol. The van der Waals surface area contributed by atoms with Crippen molar-refractivity contribution in [2.24, 2.45) is 5.92 Å². The molecule has 0 aromatic heterocycles. The Morgan fingerprint density at radius 2 is 2.00 bits per heavy atom. The molecule has 0 aromatic rings. The first-order valence-electron chi connectivity index (χ1n) is 5.84. The molecule has 1 fully saturated rings. The van der Waals surface area contributed by atoms with E-state index in [0.29, 0.717) is 0 Å². The molecule has 1 aliphatic rings. The van der Waals surface area contributed by atoms with Crippen LogP contribution in [0.4, 0.5) is 0 Å². The van der Waals surface area contributed by atoms with Gasteiger partial charge in [-0.25, -0.2) is 0 Å². The number of hydrogen-bond donors (Lipinski definition) is 0. The minimum Gasteiger partial charge on any atom is -0.291 e. The molecule has 0 radical (unpaired) electrons. The molecule has 0 spiro atoms. The van der Waals surface area contributed by atoms with Crippen molar-refractivity contribution >= 4 is 0 Å². The molecule has 80 valence electrons. The van der Waals surface area contributed by atoms with Crippen molar-refractivity contribution in [1.29, 1.82) is 5.26 Å². The molecule has 1 aliphatic carbocycles. The first kappa shape index (κ1) is 11.5. The highest BCUT2D eigenvalue weighted by atomic mass is 15.1. The number of nitriles is 1. The van der Waals surface area contributed by atoms with Crippen LogP contribution in [0.2, 0.25) is 0 Å². The second-order valence-electron chi connectivity index (χ2n) is 4.58. The van der Waals surface area contributed by atoms with E-state index in [0.717, 1.165) is 12.5 Å². The third-order valence-corrected chi connectivity index (χ3v) is 3.46. The summed E-state index contributed by atoms with van der Waals surface area (Å²) in [5.74, 6) is 0.928. The molecular formula is C12H22N2. The largest absolute Gasteiger partial charge is 0.291 e. The fraction of sp³-hybridized carbons (Fsp3) is 0.917. The lowest BCUT2D eigenvalue weighted by atomic mass is 9.87. The molecule has 1 saturated carbocycles. The van der Waals surface area contributed by atoms with Crippen LogP contribution >= 0.6 is 0 Å². The van der Waals surface area contributed by atoms with Crippen LogP contribution in [0.5, 0.6) is 0 Å². The van der Waals surface area contributed by atoms with E-state index in [2.05, 4.69) is 18.0 Å². The third kappa shape index (κ3) is 3.67. The Morgan fingerprint density at radius 3 is 2.57 bits per heavy atom. The fourth-order valence-corrected chi connectivity index (χ4v) is 2.15. The minimum atomic E-state index is 0.0681. The van der Waals surface area contributed by atoms with Gasteiger partial charge in [-0.2, -0.15) is 5.26 Å². The zero-order chi connectivity index (χ0) is 10.4. The lowest BCUT2D eigenvalue weighted by Gasteiger charge is -2.25. The van der Waals surface area contributed by atoms with Crippen LogP contribution < -0.4 is 0 Å². The molecule has 1 atom stereocenters. The Morgan fingerprint density at radius 1 is 1.36 bits per heavy atom. The second kappa shape index (κ2) is 6.03. The van der Waals surface area contributed by atoms with Crippen molar-refractivity contribution in [3.05, 3.63) is 0 Å². The average Bonchev–Trinajstić information content (AvgIpc) is 2.26. The SMILES string of the molecule is CC(C#N)N(C)CCC1CCCCC1. The van der Waals surface area contributed by atoms with Gasteiger partial charge in [-0.1, -0.05) is 32.1 Å². The maximum atomic E-state index is 8.75. The van der Waals surface area contributed by atoms with E-state index in [1.807, 2.05) is 6.92 Å². The van der Waals surface area contributed by atoms with E-state index in [1.54, 1.807) is 0 Å². The zero-order valence-electron chi connectivity index (χ0n) is 9.50. The van der Waals surface area contributed by atoms with Crippen LogP contribution in [0.25, 0.3) is 0 Å². The highest BCUT2D eigenvalue weighted by molar-refractivity contribution is 4.86. The highest BCUT2D eigenvalue weighted by Gasteiger charge is 2.15. The normalized spacial score (nSPS) is 20.7. The van der Waals surface area contributed by atoms with Crippen molar-refractivity contribution < 1.29 is 0 Å². The first-order chi connectivity index (χ1) is 6.74. The molecule has 2 nitrogen and oxygen atoms in total. The summed E-state index contributed by atoms with van der Waals surface area (Å²) in [7, 11) is 2.05. The van der Waals surface area contributed by atoms with Crippen molar-refractivity contribution in [3.8, 4) is 6.07 Å². The molecule has 1 unspecified atom stereocenters. The molecule has 0 heterocycles. The summed E-state index contributed by atoms with van der Waals surface area (Å²) >= 11 is 0. The summed E-state index contributed by atoms with van der Waals surface area (Å²) in [6, 6.07) is 2.35. The second-order valence-corrected chi connectivity index (χ2v) is 4.58. The fourth-order valence-electron chi connectivity index (χ4n) is 2.15. The van der Waals surface area contributed by atoms with Gasteiger partial charge in [0.25, 0.3) is 0 Å². The van der Waals surface area contributed by atoms with Crippen LogP contribution in [-0.4, -0.2) is 24.5 Å². The van der Waals surface area contributed by atoms with Crippen molar-refractivity contribution in [2.75, 3.05) is 13.6 Å². The molecule has 0 amide bonds.